The van der Waals surface area contributed by atoms with Crippen LogP contribution in [0.25, 0.3) is 5.95 Å². The van der Waals surface area contributed by atoms with E-state index in [-0.39, 0.29) is 6.10 Å². The third-order valence-electron chi connectivity index (χ3n) is 2.76. The molecule has 2 aromatic rings. The second kappa shape index (κ2) is 6.98. The largest absolute Gasteiger partial charge is 0.377 e. The van der Waals surface area contributed by atoms with Crippen LogP contribution < -0.4 is 10.2 Å². The number of hydrogen-bond donors (Lipinski definition) is 1. The number of aromatic nitrogens is 5. The van der Waals surface area contributed by atoms with Gasteiger partial charge in [0, 0.05) is 33.0 Å². The number of rotatable bonds is 7. The number of ether oxygens (including phenoxy) is 1. The van der Waals surface area contributed by atoms with Crippen molar-refractivity contribution >= 4 is 11.9 Å². The van der Waals surface area contributed by atoms with Gasteiger partial charge in [-0.1, -0.05) is 0 Å². The molecule has 0 spiro atoms. The molecule has 2 aromatic heterocycles. The Hall–Kier alpha value is -2.22. The fraction of sp³-hybridized carbons (Fsp3) is 0.538. The Morgan fingerprint density at radius 2 is 2.14 bits per heavy atom. The molecule has 0 amide bonds. The van der Waals surface area contributed by atoms with Crippen LogP contribution in [0.2, 0.25) is 0 Å². The lowest BCUT2D eigenvalue weighted by Gasteiger charge is -2.18. The van der Waals surface area contributed by atoms with E-state index >= 15 is 0 Å². The predicted octanol–water partition coefficient (Wildman–Crippen LogP) is 0.960. The molecule has 0 aromatic carbocycles. The van der Waals surface area contributed by atoms with Crippen LogP contribution in [0, 0.1) is 0 Å². The van der Waals surface area contributed by atoms with Gasteiger partial charge in [0.25, 0.3) is 5.95 Å². The van der Waals surface area contributed by atoms with Gasteiger partial charge in [-0.25, -0.2) is 4.68 Å². The van der Waals surface area contributed by atoms with Gasteiger partial charge in [0.05, 0.1) is 12.7 Å². The number of hydrogen-bond acceptors (Lipinski definition) is 7. The van der Waals surface area contributed by atoms with E-state index in [4.69, 9.17) is 4.74 Å². The molecule has 0 saturated carbocycles. The highest BCUT2D eigenvalue weighted by atomic mass is 16.5. The molecule has 0 aliphatic carbocycles. The molecule has 0 aliphatic heterocycles. The monoisotopic (exact) mass is 291 g/mol. The molecule has 21 heavy (non-hydrogen) atoms. The highest BCUT2D eigenvalue weighted by molar-refractivity contribution is 5.38. The Morgan fingerprint density at radius 3 is 2.76 bits per heavy atom. The van der Waals surface area contributed by atoms with Crippen molar-refractivity contribution < 1.29 is 4.74 Å². The summed E-state index contributed by atoms with van der Waals surface area (Å²) in [4.78, 5) is 15.0. The second-order valence-electron chi connectivity index (χ2n) is 4.80. The first kappa shape index (κ1) is 15.2. The van der Waals surface area contributed by atoms with Gasteiger partial charge >= 0.3 is 0 Å². The first-order valence-electron chi connectivity index (χ1n) is 6.86. The SMILES string of the molecule is CNc1nc(N(C)CCOC(C)C)nc(-n2cccn2)n1. The van der Waals surface area contributed by atoms with E-state index in [0.717, 1.165) is 0 Å². The summed E-state index contributed by atoms with van der Waals surface area (Å²) in [5.41, 5.74) is 0. The maximum atomic E-state index is 5.55. The zero-order valence-electron chi connectivity index (χ0n) is 12.8. The summed E-state index contributed by atoms with van der Waals surface area (Å²) in [6.45, 7) is 5.34. The van der Waals surface area contributed by atoms with Crippen molar-refractivity contribution in [1.29, 1.82) is 0 Å². The van der Waals surface area contributed by atoms with Gasteiger partial charge in [0.2, 0.25) is 11.9 Å². The van der Waals surface area contributed by atoms with Gasteiger partial charge in [-0.05, 0) is 19.9 Å². The van der Waals surface area contributed by atoms with E-state index < -0.39 is 0 Å². The fourth-order valence-electron chi connectivity index (χ4n) is 1.65. The smallest absolute Gasteiger partial charge is 0.257 e. The minimum atomic E-state index is 0.212. The summed E-state index contributed by atoms with van der Waals surface area (Å²) in [5, 5.41) is 7.08. The van der Waals surface area contributed by atoms with E-state index in [0.29, 0.717) is 31.0 Å². The quantitative estimate of drug-likeness (QED) is 0.813. The van der Waals surface area contributed by atoms with E-state index in [2.05, 4.69) is 25.4 Å². The Bertz CT molecular complexity index is 556. The Kier molecular flexibility index (Phi) is 5.04. The molecule has 0 fully saturated rings. The van der Waals surface area contributed by atoms with E-state index in [1.807, 2.05) is 31.9 Å². The van der Waals surface area contributed by atoms with E-state index in [9.17, 15) is 0 Å². The van der Waals surface area contributed by atoms with Crippen LogP contribution >= 0.6 is 0 Å². The van der Waals surface area contributed by atoms with Crippen molar-refractivity contribution in [3.8, 4) is 5.95 Å². The van der Waals surface area contributed by atoms with Crippen LogP contribution in [-0.2, 0) is 4.74 Å². The van der Waals surface area contributed by atoms with Crippen LogP contribution in [-0.4, -0.2) is 58.1 Å². The van der Waals surface area contributed by atoms with Gasteiger partial charge < -0.3 is 15.0 Å². The highest BCUT2D eigenvalue weighted by Gasteiger charge is 2.11. The Labute approximate surface area is 124 Å². The van der Waals surface area contributed by atoms with Gasteiger partial charge in [0.1, 0.15) is 0 Å². The molecule has 0 bridgehead atoms. The number of likely N-dealkylation sites (N-methyl/N-ethyl adjacent to an activating group) is 1. The Morgan fingerprint density at radius 1 is 1.33 bits per heavy atom. The topological polar surface area (TPSA) is 81.0 Å². The van der Waals surface area contributed by atoms with Crippen LogP contribution in [0.5, 0.6) is 0 Å². The van der Waals surface area contributed by atoms with Crippen LogP contribution in [0.3, 0.4) is 0 Å². The molecular formula is C13H21N7O. The number of nitrogens with zero attached hydrogens (tertiary/aromatic N) is 6. The van der Waals surface area contributed by atoms with Crippen molar-refractivity contribution in [2.24, 2.45) is 0 Å². The van der Waals surface area contributed by atoms with Crippen molar-refractivity contribution in [2.45, 2.75) is 20.0 Å². The molecule has 8 heteroatoms. The minimum absolute atomic E-state index is 0.212. The average molecular weight is 291 g/mol. The van der Waals surface area contributed by atoms with Crippen molar-refractivity contribution in [3.05, 3.63) is 18.5 Å². The molecule has 8 nitrogen and oxygen atoms in total. The van der Waals surface area contributed by atoms with Gasteiger partial charge in [0.15, 0.2) is 0 Å². The van der Waals surface area contributed by atoms with Gasteiger partial charge in [-0.15, -0.1) is 0 Å². The third kappa shape index (κ3) is 4.12. The van der Waals surface area contributed by atoms with E-state index in [1.54, 1.807) is 24.1 Å². The lowest BCUT2D eigenvalue weighted by molar-refractivity contribution is 0.0844. The molecule has 0 aliphatic rings. The first-order chi connectivity index (χ1) is 10.1. The molecule has 0 saturated heterocycles. The lowest BCUT2D eigenvalue weighted by Crippen LogP contribution is -2.26. The van der Waals surface area contributed by atoms with Crippen LogP contribution in [0.15, 0.2) is 18.5 Å². The summed E-state index contributed by atoms with van der Waals surface area (Å²) >= 11 is 0. The molecular weight excluding hydrogens is 270 g/mol. The molecule has 114 valence electrons. The first-order valence-corrected chi connectivity index (χ1v) is 6.86. The molecule has 2 heterocycles. The summed E-state index contributed by atoms with van der Waals surface area (Å²) in [5.74, 6) is 1.56. The summed E-state index contributed by atoms with van der Waals surface area (Å²) in [6, 6.07) is 1.82. The standard InChI is InChI=1S/C13H21N7O/c1-10(2)21-9-8-19(4)12-16-11(14-3)17-13(18-12)20-7-5-6-15-20/h5-7,10H,8-9H2,1-4H3,(H,14,16,17,18). The zero-order chi connectivity index (χ0) is 15.2. The summed E-state index contributed by atoms with van der Waals surface area (Å²) in [7, 11) is 3.69. The minimum Gasteiger partial charge on any atom is -0.377 e. The lowest BCUT2D eigenvalue weighted by atomic mass is 10.5. The number of nitrogens with one attached hydrogen (secondary N) is 1. The van der Waals surface area contributed by atoms with Crippen LogP contribution in [0.4, 0.5) is 11.9 Å². The molecule has 2 rings (SSSR count). The molecule has 0 atom stereocenters. The fourth-order valence-corrected chi connectivity index (χ4v) is 1.65. The molecule has 0 radical (unpaired) electrons. The predicted molar refractivity (Wildman–Crippen MR) is 80.9 cm³/mol. The van der Waals surface area contributed by atoms with Crippen molar-refractivity contribution in [2.75, 3.05) is 37.5 Å². The second-order valence-corrected chi connectivity index (χ2v) is 4.80. The van der Waals surface area contributed by atoms with Crippen LogP contribution in [0.1, 0.15) is 13.8 Å². The highest BCUT2D eigenvalue weighted by Crippen LogP contribution is 2.11. The van der Waals surface area contributed by atoms with E-state index in [1.165, 1.54) is 0 Å². The van der Waals surface area contributed by atoms with Gasteiger partial charge in [-0.3, -0.25) is 0 Å². The molecule has 1 N–H and O–H groups in total. The average Bonchev–Trinajstić information content (AvgIpc) is 3.00. The van der Waals surface area contributed by atoms with Crippen molar-refractivity contribution in [3.63, 3.8) is 0 Å². The van der Waals surface area contributed by atoms with Gasteiger partial charge in [-0.2, -0.15) is 20.1 Å². The number of anilines is 2. The Balaban J connectivity index is 2.16. The maximum absolute atomic E-state index is 5.55. The van der Waals surface area contributed by atoms with Crippen molar-refractivity contribution in [1.82, 2.24) is 24.7 Å². The summed E-state index contributed by atoms with van der Waals surface area (Å²) < 4.78 is 7.15. The summed E-state index contributed by atoms with van der Waals surface area (Å²) in [6.07, 6.45) is 3.69. The third-order valence-corrected chi connectivity index (χ3v) is 2.76. The maximum Gasteiger partial charge on any atom is 0.257 e. The molecule has 0 unspecified atom stereocenters. The normalized spacial score (nSPS) is 10.9. The zero-order valence-corrected chi connectivity index (χ0v) is 12.8.